The lowest BCUT2D eigenvalue weighted by molar-refractivity contribution is -0.136. The normalized spacial score (nSPS) is 24.7. The highest BCUT2D eigenvalue weighted by Gasteiger charge is 2.51. The summed E-state index contributed by atoms with van der Waals surface area (Å²) in [7, 11) is 0. The molecule has 0 unspecified atom stereocenters. The Bertz CT molecular complexity index is 245. The molecular weight excluding hydrogens is 192 g/mol. The maximum absolute atomic E-state index is 11.4. The third-order valence-electron chi connectivity index (χ3n) is 3.27. The van der Waals surface area contributed by atoms with Crippen molar-refractivity contribution in [2.24, 2.45) is 5.92 Å². The number of hydrogen-bond donors (Lipinski definition) is 2. The van der Waals surface area contributed by atoms with Gasteiger partial charge >= 0.3 is 0 Å². The quantitative estimate of drug-likeness (QED) is 0.673. The zero-order valence-electron chi connectivity index (χ0n) is 9.33. The molecule has 2 N–H and O–H groups in total. The third-order valence-corrected chi connectivity index (χ3v) is 3.27. The van der Waals surface area contributed by atoms with Crippen LogP contribution >= 0.6 is 0 Å². The van der Waals surface area contributed by atoms with E-state index in [2.05, 4.69) is 5.32 Å². The summed E-state index contributed by atoms with van der Waals surface area (Å²) in [6, 6.07) is 0. The van der Waals surface area contributed by atoms with Crippen molar-refractivity contribution in [3.63, 3.8) is 0 Å². The van der Waals surface area contributed by atoms with E-state index in [1.807, 2.05) is 11.8 Å². The molecule has 1 amide bonds. The van der Waals surface area contributed by atoms with E-state index >= 15 is 0 Å². The number of rotatable bonds is 5. The first-order valence-electron chi connectivity index (χ1n) is 5.85. The Morgan fingerprint density at radius 2 is 2.20 bits per heavy atom. The molecule has 0 aromatic rings. The Morgan fingerprint density at radius 3 is 2.73 bits per heavy atom. The van der Waals surface area contributed by atoms with Gasteiger partial charge in [0.2, 0.25) is 5.91 Å². The topological polar surface area (TPSA) is 52.6 Å². The lowest BCUT2D eigenvalue weighted by atomic mass is 9.89. The summed E-state index contributed by atoms with van der Waals surface area (Å²) in [4.78, 5) is 13.4. The van der Waals surface area contributed by atoms with Crippen LogP contribution in [0.3, 0.4) is 0 Å². The largest absolute Gasteiger partial charge is 0.387 e. The number of carbonyl (C=O) groups excluding carboxylic acids is 1. The Balaban J connectivity index is 1.64. The van der Waals surface area contributed by atoms with E-state index in [-0.39, 0.29) is 5.91 Å². The molecule has 1 aliphatic heterocycles. The summed E-state index contributed by atoms with van der Waals surface area (Å²) in [5.41, 5.74) is -0.467. The van der Waals surface area contributed by atoms with Gasteiger partial charge in [0, 0.05) is 19.6 Å². The number of aliphatic hydroxyl groups is 1. The van der Waals surface area contributed by atoms with Gasteiger partial charge in [0.05, 0.1) is 12.1 Å². The summed E-state index contributed by atoms with van der Waals surface area (Å²) in [5, 5.41) is 12.9. The van der Waals surface area contributed by atoms with Crippen molar-refractivity contribution < 1.29 is 9.90 Å². The van der Waals surface area contributed by atoms with Crippen molar-refractivity contribution in [3.8, 4) is 0 Å². The fourth-order valence-corrected chi connectivity index (χ4v) is 2.24. The number of carbonyl (C=O) groups is 1. The fourth-order valence-electron chi connectivity index (χ4n) is 2.24. The van der Waals surface area contributed by atoms with E-state index in [4.69, 9.17) is 0 Å². The molecule has 0 bridgehead atoms. The fraction of sp³-hybridized carbons (Fsp3) is 0.909. The Kier molecular flexibility index (Phi) is 2.98. The van der Waals surface area contributed by atoms with E-state index < -0.39 is 5.60 Å². The van der Waals surface area contributed by atoms with Crippen LogP contribution in [0.5, 0.6) is 0 Å². The van der Waals surface area contributed by atoms with Gasteiger partial charge in [-0.15, -0.1) is 0 Å². The highest BCUT2D eigenvalue weighted by molar-refractivity contribution is 5.78. The standard InChI is InChI=1S/C11H20N2O2/c1-2-5-12-10(14)6-13-7-11(15,8-13)9-3-4-9/h9,15H,2-8H2,1H3,(H,12,14). The Hall–Kier alpha value is -0.610. The van der Waals surface area contributed by atoms with E-state index in [1.54, 1.807) is 0 Å². The molecule has 0 aromatic heterocycles. The zero-order chi connectivity index (χ0) is 10.9. The van der Waals surface area contributed by atoms with Gasteiger partial charge in [0.1, 0.15) is 0 Å². The number of nitrogens with zero attached hydrogens (tertiary/aromatic N) is 1. The maximum atomic E-state index is 11.4. The van der Waals surface area contributed by atoms with Crippen molar-refractivity contribution in [1.82, 2.24) is 10.2 Å². The Morgan fingerprint density at radius 1 is 1.53 bits per heavy atom. The second-order valence-electron chi connectivity index (χ2n) is 4.87. The summed E-state index contributed by atoms with van der Waals surface area (Å²) < 4.78 is 0. The predicted molar refractivity (Wildman–Crippen MR) is 57.4 cm³/mol. The second-order valence-corrected chi connectivity index (χ2v) is 4.87. The van der Waals surface area contributed by atoms with E-state index in [0.717, 1.165) is 25.8 Å². The maximum Gasteiger partial charge on any atom is 0.234 e. The average Bonchev–Trinajstić information content (AvgIpc) is 2.95. The van der Waals surface area contributed by atoms with Gasteiger partial charge < -0.3 is 10.4 Å². The highest BCUT2D eigenvalue weighted by atomic mass is 16.3. The molecule has 0 atom stereocenters. The van der Waals surface area contributed by atoms with E-state index in [9.17, 15) is 9.90 Å². The minimum atomic E-state index is -0.467. The van der Waals surface area contributed by atoms with Gasteiger partial charge in [-0.1, -0.05) is 6.92 Å². The molecule has 0 aromatic carbocycles. The van der Waals surface area contributed by atoms with Crippen molar-refractivity contribution in [2.45, 2.75) is 31.8 Å². The SMILES string of the molecule is CCCNC(=O)CN1CC(O)(C2CC2)C1. The van der Waals surface area contributed by atoms with Gasteiger partial charge in [-0.3, -0.25) is 9.69 Å². The van der Waals surface area contributed by atoms with Crippen LogP contribution in [-0.4, -0.2) is 47.7 Å². The third kappa shape index (κ3) is 2.49. The molecule has 2 rings (SSSR count). The smallest absolute Gasteiger partial charge is 0.234 e. The number of likely N-dealkylation sites (tertiary alicyclic amines) is 1. The first kappa shape index (κ1) is 10.9. The van der Waals surface area contributed by atoms with Gasteiger partial charge in [-0.25, -0.2) is 0 Å². The predicted octanol–water partition coefficient (Wildman–Crippen LogP) is -0.0307. The van der Waals surface area contributed by atoms with E-state index in [0.29, 0.717) is 25.6 Å². The summed E-state index contributed by atoms with van der Waals surface area (Å²) in [5.74, 6) is 0.585. The number of nitrogens with one attached hydrogen (secondary N) is 1. The van der Waals surface area contributed by atoms with Gasteiger partial charge in [-0.2, -0.15) is 0 Å². The van der Waals surface area contributed by atoms with Crippen LogP contribution in [0.25, 0.3) is 0 Å². The Labute approximate surface area is 90.6 Å². The van der Waals surface area contributed by atoms with Crippen LogP contribution in [0.2, 0.25) is 0 Å². The van der Waals surface area contributed by atoms with Gasteiger partial charge in [0.25, 0.3) is 0 Å². The minimum Gasteiger partial charge on any atom is -0.387 e. The molecule has 4 nitrogen and oxygen atoms in total. The molecule has 15 heavy (non-hydrogen) atoms. The van der Waals surface area contributed by atoms with Crippen LogP contribution in [0.1, 0.15) is 26.2 Å². The van der Waals surface area contributed by atoms with Gasteiger partial charge in [-0.05, 0) is 25.2 Å². The van der Waals surface area contributed by atoms with Crippen LogP contribution < -0.4 is 5.32 Å². The van der Waals surface area contributed by atoms with Crippen LogP contribution in [0, 0.1) is 5.92 Å². The van der Waals surface area contributed by atoms with Crippen LogP contribution in [0.15, 0.2) is 0 Å². The molecule has 0 radical (unpaired) electrons. The highest BCUT2D eigenvalue weighted by Crippen LogP contribution is 2.44. The summed E-state index contributed by atoms with van der Waals surface area (Å²) in [6.45, 7) is 4.58. The molecule has 2 aliphatic rings. The van der Waals surface area contributed by atoms with Crippen LogP contribution in [0.4, 0.5) is 0 Å². The molecular formula is C11H20N2O2. The lowest BCUT2D eigenvalue weighted by Crippen LogP contribution is -2.64. The average molecular weight is 212 g/mol. The molecule has 2 fully saturated rings. The van der Waals surface area contributed by atoms with E-state index in [1.165, 1.54) is 0 Å². The number of amides is 1. The number of β-amino-alcohol motifs (C(OH)–C–C–N with tert-alkyl or cyclic N) is 1. The van der Waals surface area contributed by atoms with Crippen LogP contribution in [-0.2, 0) is 4.79 Å². The lowest BCUT2D eigenvalue weighted by Gasteiger charge is -2.46. The molecule has 1 heterocycles. The first-order valence-corrected chi connectivity index (χ1v) is 5.85. The van der Waals surface area contributed by atoms with Crippen molar-refractivity contribution >= 4 is 5.91 Å². The zero-order valence-corrected chi connectivity index (χ0v) is 9.33. The molecule has 1 saturated carbocycles. The molecule has 1 aliphatic carbocycles. The van der Waals surface area contributed by atoms with Gasteiger partial charge in [0.15, 0.2) is 0 Å². The van der Waals surface area contributed by atoms with Crippen molar-refractivity contribution in [1.29, 1.82) is 0 Å². The van der Waals surface area contributed by atoms with Crippen molar-refractivity contribution in [2.75, 3.05) is 26.2 Å². The number of hydrogen-bond acceptors (Lipinski definition) is 3. The molecule has 86 valence electrons. The molecule has 0 spiro atoms. The summed E-state index contributed by atoms with van der Waals surface area (Å²) in [6.07, 6.45) is 3.29. The molecule has 1 saturated heterocycles. The minimum absolute atomic E-state index is 0.0784. The van der Waals surface area contributed by atoms with Crippen molar-refractivity contribution in [3.05, 3.63) is 0 Å². The molecule has 4 heteroatoms. The second kappa shape index (κ2) is 4.10. The first-order chi connectivity index (χ1) is 7.14. The summed E-state index contributed by atoms with van der Waals surface area (Å²) >= 11 is 0. The monoisotopic (exact) mass is 212 g/mol.